The monoisotopic (exact) mass is 434 g/mol. The predicted octanol–water partition coefficient (Wildman–Crippen LogP) is 4.24. The molecule has 0 saturated carbocycles. The van der Waals surface area contributed by atoms with Gasteiger partial charge in [-0.25, -0.2) is 0 Å². The van der Waals surface area contributed by atoms with Crippen LogP contribution >= 0.6 is 11.3 Å². The molecule has 0 radical (unpaired) electrons. The van der Waals surface area contributed by atoms with Crippen molar-refractivity contribution in [3.05, 3.63) is 77.2 Å². The van der Waals surface area contributed by atoms with Crippen molar-refractivity contribution < 1.29 is 14.3 Å². The minimum Gasteiger partial charge on any atom is -0.497 e. The highest BCUT2D eigenvalue weighted by atomic mass is 32.1. The zero-order valence-corrected chi connectivity index (χ0v) is 18.6. The van der Waals surface area contributed by atoms with E-state index >= 15 is 0 Å². The first-order valence-electron chi connectivity index (χ1n) is 10.3. The van der Waals surface area contributed by atoms with E-state index in [1.807, 2.05) is 18.2 Å². The Morgan fingerprint density at radius 1 is 1.13 bits per heavy atom. The number of ether oxygens (including phenoxy) is 1. The van der Waals surface area contributed by atoms with E-state index in [4.69, 9.17) is 4.74 Å². The Kier molecular flexibility index (Phi) is 6.09. The van der Waals surface area contributed by atoms with Crippen LogP contribution in [0.1, 0.15) is 22.3 Å². The number of methoxy groups -OCH3 is 1. The van der Waals surface area contributed by atoms with Gasteiger partial charge in [0.1, 0.15) is 5.75 Å². The van der Waals surface area contributed by atoms with Gasteiger partial charge in [0.05, 0.1) is 12.5 Å². The molecule has 2 heterocycles. The average Bonchev–Trinajstić information content (AvgIpc) is 3.50. The molecule has 6 heteroatoms. The Labute approximate surface area is 186 Å². The molecule has 160 valence electrons. The molecule has 1 saturated heterocycles. The maximum absolute atomic E-state index is 13.1. The Morgan fingerprint density at radius 2 is 1.94 bits per heavy atom. The molecule has 1 N–H and O–H groups in total. The lowest BCUT2D eigenvalue weighted by molar-refractivity contribution is -0.129. The number of hydrogen-bond donors (Lipinski definition) is 1. The van der Waals surface area contributed by atoms with Crippen LogP contribution in [-0.4, -0.2) is 44.0 Å². The molecule has 2 amide bonds. The number of amides is 2. The number of hydrogen-bond acceptors (Lipinski definition) is 4. The van der Waals surface area contributed by atoms with Crippen molar-refractivity contribution in [2.24, 2.45) is 5.41 Å². The van der Waals surface area contributed by atoms with Crippen LogP contribution in [0.3, 0.4) is 0 Å². The van der Waals surface area contributed by atoms with Crippen molar-refractivity contribution >= 4 is 23.2 Å². The Hall–Kier alpha value is -3.12. The fourth-order valence-corrected chi connectivity index (χ4v) is 5.01. The Balaban J connectivity index is 1.53. The van der Waals surface area contributed by atoms with E-state index in [-0.39, 0.29) is 11.8 Å². The highest BCUT2D eigenvalue weighted by Gasteiger charge is 2.45. The molecule has 1 fully saturated rings. The van der Waals surface area contributed by atoms with Crippen LogP contribution in [0, 0.1) is 5.41 Å². The number of carbonyl (C=O) groups excluding carboxylic acids is 2. The summed E-state index contributed by atoms with van der Waals surface area (Å²) in [6, 6.07) is 19.7. The molecule has 1 aliphatic rings. The number of carbonyl (C=O) groups is 2. The maximum Gasteiger partial charge on any atom is 0.254 e. The van der Waals surface area contributed by atoms with E-state index in [2.05, 4.69) is 41.0 Å². The molecule has 0 bridgehead atoms. The van der Waals surface area contributed by atoms with Gasteiger partial charge < -0.3 is 15.0 Å². The zero-order valence-electron chi connectivity index (χ0n) is 17.8. The van der Waals surface area contributed by atoms with Crippen LogP contribution in [0.2, 0.25) is 0 Å². The minimum atomic E-state index is -0.631. The third-order valence-corrected chi connectivity index (χ3v) is 6.89. The molecule has 3 aromatic rings. The van der Waals surface area contributed by atoms with Crippen LogP contribution in [0.25, 0.3) is 10.4 Å². The van der Waals surface area contributed by atoms with Gasteiger partial charge in [0.2, 0.25) is 5.91 Å². The second-order valence-electron chi connectivity index (χ2n) is 7.92. The first-order chi connectivity index (χ1) is 15.0. The zero-order chi connectivity index (χ0) is 21.8. The van der Waals surface area contributed by atoms with Gasteiger partial charge in [-0.3, -0.25) is 9.59 Å². The quantitative estimate of drug-likeness (QED) is 0.631. The number of nitrogens with zero attached hydrogens (tertiary/aromatic N) is 1. The number of likely N-dealkylation sites (tertiary alicyclic amines) is 1. The molecule has 2 aromatic carbocycles. The smallest absolute Gasteiger partial charge is 0.254 e. The van der Waals surface area contributed by atoms with Gasteiger partial charge in [0, 0.05) is 30.6 Å². The van der Waals surface area contributed by atoms with Crippen LogP contribution in [0.15, 0.2) is 66.0 Å². The first-order valence-corrected chi connectivity index (χ1v) is 11.2. The molecule has 1 atom stereocenters. The topological polar surface area (TPSA) is 58.6 Å². The minimum absolute atomic E-state index is 0.0178. The van der Waals surface area contributed by atoms with Gasteiger partial charge in [-0.1, -0.05) is 36.4 Å². The fraction of sp³-hybridized carbons (Fsp3) is 0.280. The van der Waals surface area contributed by atoms with E-state index in [0.717, 1.165) is 5.56 Å². The summed E-state index contributed by atoms with van der Waals surface area (Å²) in [6.07, 6.45) is 1.23. The predicted molar refractivity (Wildman–Crippen MR) is 123 cm³/mol. The molecular formula is C25H26N2O3S. The van der Waals surface area contributed by atoms with Gasteiger partial charge in [-0.2, -0.15) is 0 Å². The third-order valence-electron chi connectivity index (χ3n) is 5.97. The number of thiophene rings is 1. The molecule has 1 unspecified atom stereocenters. The van der Waals surface area contributed by atoms with Gasteiger partial charge >= 0.3 is 0 Å². The second kappa shape index (κ2) is 8.94. The van der Waals surface area contributed by atoms with E-state index in [1.54, 1.807) is 42.5 Å². The molecule has 4 rings (SSSR count). The second-order valence-corrected chi connectivity index (χ2v) is 8.87. The highest BCUT2D eigenvalue weighted by Crippen LogP contribution is 2.36. The SMILES string of the molecule is CNC(=O)C1(Cc2ccc(-c3cccs3)cc2)CCN(C(=O)c2cccc(OC)c2)C1. The van der Waals surface area contributed by atoms with E-state index < -0.39 is 5.41 Å². The molecule has 31 heavy (non-hydrogen) atoms. The molecule has 1 aliphatic heterocycles. The number of rotatable bonds is 6. The molecular weight excluding hydrogens is 408 g/mol. The standard InChI is InChI=1S/C25H26N2O3S/c1-26-24(29)25(16-18-8-10-19(11-9-18)22-7-4-14-31-22)12-13-27(17-25)23(28)20-5-3-6-21(15-20)30-2/h3-11,14-15H,12-13,16-17H2,1-2H3,(H,26,29). The molecule has 0 spiro atoms. The summed E-state index contributed by atoms with van der Waals surface area (Å²) in [4.78, 5) is 29.0. The maximum atomic E-state index is 13.1. The first kappa shape index (κ1) is 21.1. The highest BCUT2D eigenvalue weighted by molar-refractivity contribution is 7.13. The van der Waals surface area contributed by atoms with Crippen LogP contribution in [0.5, 0.6) is 5.75 Å². The van der Waals surface area contributed by atoms with E-state index in [0.29, 0.717) is 37.2 Å². The Morgan fingerprint density at radius 3 is 2.61 bits per heavy atom. The van der Waals surface area contributed by atoms with E-state index in [1.165, 1.54) is 10.4 Å². The number of benzene rings is 2. The fourth-order valence-electron chi connectivity index (χ4n) is 4.28. The van der Waals surface area contributed by atoms with E-state index in [9.17, 15) is 9.59 Å². The average molecular weight is 435 g/mol. The van der Waals surface area contributed by atoms with Crippen molar-refractivity contribution in [1.82, 2.24) is 10.2 Å². The number of nitrogens with one attached hydrogen (secondary N) is 1. The summed E-state index contributed by atoms with van der Waals surface area (Å²) in [5.74, 6) is 0.557. The largest absolute Gasteiger partial charge is 0.497 e. The van der Waals surface area contributed by atoms with Crippen molar-refractivity contribution in [2.45, 2.75) is 12.8 Å². The van der Waals surface area contributed by atoms with Crippen LogP contribution < -0.4 is 10.1 Å². The van der Waals surface area contributed by atoms with Gasteiger partial charge in [-0.05, 0) is 53.6 Å². The summed E-state index contributed by atoms with van der Waals surface area (Å²) >= 11 is 1.71. The normalized spacial score (nSPS) is 18.1. The van der Waals surface area contributed by atoms with Crippen molar-refractivity contribution in [3.63, 3.8) is 0 Å². The van der Waals surface area contributed by atoms with Gasteiger partial charge in [0.15, 0.2) is 0 Å². The Bertz CT molecular complexity index is 1060. The van der Waals surface area contributed by atoms with Crippen LogP contribution in [-0.2, 0) is 11.2 Å². The summed E-state index contributed by atoms with van der Waals surface area (Å²) in [6.45, 7) is 0.951. The lowest BCUT2D eigenvalue weighted by atomic mass is 9.79. The van der Waals surface area contributed by atoms with Crippen LogP contribution in [0.4, 0.5) is 0 Å². The van der Waals surface area contributed by atoms with Gasteiger partial charge in [0.25, 0.3) is 5.91 Å². The van der Waals surface area contributed by atoms with Crippen molar-refractivity contribution in [1.29, 1.82) is 0 Å². The lowest BCUT2D eigenvalue weighted by Gasteiger charge is -2.28. The molecule has 5 nitrogen and oxygen atoms in total. The van der Waals surface area contributed by atoms with Gasteiger partial charge in [-0.15, -0.1) is 11.3 Å². The van der Waals surface area contributed by atoms with Crippen molar-refractivity contribution in [3.8, 4) is 16.2 Å². The van der Waals surface area contributed by atoms with Crippen molar-refractivity contribution in [2.75, 3.05) is 27.2 Å². The summed E-state index contributed by atoms with van der Waals surface area (Å²) in [5.41, 5.74) is 2.22. The summed E-state index contributed by atoms with van der Waals surface area (Å²) < 4.78 is 5.25. The molecule has 1 aromatic heterocycles. The third kappa shape index (κ3) is 4.35. The summed E-state index contributed by atoms with van der Waals surface area (Å²) in [7, 11) is 3.25. The lowest BCUT2D eigenvalue weighted by Crippen LogP contribution is -2.44. The summed E-state index contributed by atoms with van der Waals surface area (Å²) in [5, 5.41) is 4.89. The molecule has 0 aliphatic carbocycles.